The molecule has 3 rings (SSSR count). The van der Waals surface area contributed by atoms with Crippen LogP contribution in [0.25, 0.3) is 5.95 Å². The lowest BCUT2D eigenvalue weighted by molar-refractivity contribution is -0.255. The van der Waals surface area contributed by atoms with Crippen molar-refractivity contribution in [1.82, 2.24) is 19.7 Å². The van der Waals surface area contributed by atoms with Gasteiger partial charge in [-0.15, -0.1) is 0 Å². The van der Waals surface area contributed by atoms with Gasteiger partial charge in [0.25, 0.3) is 11.5 Å². The number of rotatable bonds is 4. The van der Waals surface area contributed by atoms with Gasteiger partial charge >= 0.3 is 0 Å². The second-order valence-corrected chi connectivity index (χ2v) is 5.97. The molecule has 138 valence electrons. The number of nitrogens with one attached hydrogen (secondary N) is 2. The summed E-state index contributed by atoms with van der Waals surface area (Å²) in [5.41, 5.74) is 0.988. The van der Waals surface area contributed by atoms with Gasteiger partial charge in [-0.2, -0.15) is 9.78 Å². The molecule has 2 N–H and O–H groups in total. The van der Waals surface area contributed by atoms with Gasteiger partial charge in [0.2, 0.25) is 5.95 Å². The fourth-order valence-corrected chi connectivity index (χ4v) is 2.52. The van der Waals surface area contributed by atoms with Gasteiger partial charge in [0, 0.05) is 28.5 Å². The number of amides is 1. The zero-order valence-corrected chi connectivity index (χ0v) is 14.9. The molecule has 9 heteroatoms. The number of benzene rings is 1. The molecular formula is C18H16N5O4-. The number of hydrogen-bond donors (Lipinski definition) is 2. The van der Waals surface area contributed by atoms with Gasteiger partial charge in [0.15, 0.2) is 0 Å². The summed E-state index contributed by atoms with van der Waals surface area (Å²) in [5, 5.41) is 18.1. The molecule has 0 aliphatic carbocycles. The Morgan fingerprint density at radius 1 is 1.15 bits per heavy atom. The molecular weight excluding hydrogens is 350 g/mol. The van der Waals surface area contributed by atoms with Gasteiger partial charge in [-0.3, -0.25) is 14.6 Å². The minimum atomic E-state index is -1.45. The minimum Gasteiger partial charge on any atom is -0.545 e. The largest absolute Gasteiger partial charge is 0.545 e. The number of carbonyl (C=O) groups is 2. The molecule has 0 atom stereocenters. The van der Waals surface area contributed by atoms with Crippen molar-refractivity contribution in [2.75, 3.05) is 5.32 Å². The third-order valence-electron chi connectivity index (χ3n) is 4.05. The monoisotopic (exact) mass is 366 g/mol. The van der Waals surface area contributed by atoms with Crippen LogP contribution in [0.3, 0.4) is 0 Å². The molecule has 27 heavy (non-hydrogen) atoms. The topological polar surface area (TPSA) is 133 Å². The molecule has 3 aromatic rings. The predicted octanol–water partition coefficient (Wildman–Crippen LogP) is 0.497. The quantitative estimate of drug-likeness (QED) is 0.691. The fraction of sp³-hybridized carbons (Fsp3) is 0.167. The number of aryl methyl sites for hydroxylation is 2. The van der Waals surface area contributed by atoms with Crippen LogP contribution in [0.2, 0.25) is 0 Å². The first-order chi connectivity index (χ1) is 12.8. The van der Waals surface area contributed by atoms with Crippen LogP contribution in [-0.2, 0) is 0 Å². The van der Waals surface area contributed by atoms with Gasteiger partial charge in [-0.05, 0) is 26.8 Å². The maximum Gasteiger partial charge on any atom is 0.257 e. The first-order valence-corrected chi connectivity index (χ1v) is 8.04. The minimum absolute atomic E-state index is 0.0514. The highest BCUT2D eigenvalue weighted by atomic mass is 16.4. The second kappa shape index (κ2) is 6.87. The summed E-state index contributed by atoms with van der Waals surface area (Å²) in [4.78, 5) is 42.7. The Hall–Kier alpha value is -3.75. The summed E-state index contributed by atoms with van der Waals surface area (Å²) in [6.45, 7) is 5.05. The first kappa shape index (κ1) is 18.1. The SMILES string of the molecule is Cc1cc(NC(=O)c2ccccc2C(=O)[O-])n(-c2nc(C)c(C)c(=O)[nH]2)n1. The highest BCUT2D eigenvalue weighted by Gasteiger charge is 2.17. The van der Waals surface area contributed by atoms with Crippen LogP contribution in [0.4, 0.5) is 5.82 Å². The molecule has 0 saturated heterocycles. The highest BCUT2D eigenvalue weighted by Crippen LogP contribution is 2.17. The van der Waals surface area contributed by atoms with Crippen molar-refractivity contribution < 1.29 is 14.7 Å². The van der Waals surface area contributed by atoms with Crippen LogP contribution >= 0.6 is 0 Å². The Bertz CT molecular complexity index is 1110. The number of aromatic amines is 1. The Kier molecular flexibility index (Phi) is 4.59. The molecule has 1 amide bonds. The van der Waals surface area contributed by atoms with E-state index < -0.39 is 11.9 Å². The number of hydrogen-bond acceptors (Lipinski definition) is 6. The molecule has 2 aromatic heterocycles. The van der Waals surface area contributed by atoms with E-state index in [1.165, 1.54) is 22.9 Å². The van der Waals surface area contributed by atoms with E-state index in [9.17, 15) is 19.5 Å². The van der Waals surface area contributed by atoms with Crippen molar-refractivity contribution >= 4 is 17.7 Å². The molecule has 0 fully saturated rings. The summed E-state index contributed by atoms with van der Waals surface area (Å²) in [6.07, 6.45) is 0. The van der Waals surface area contributed by atoms with E-state index in [1.807, 2.05) is 0 Å². The molecule has 0 aliphatic rings. The third-order valence-corrected chi connectivity index (χ3v) is 4.05. The number of anilines is 1. The smallest absolute Gasteiger partial charge is 0.257 e. The van der Waals surface area contributed by atoms with E-state index in [-0.39, 0.29) is 28.5 Å². The lowest BCUT2D eigenvalue weighted by Gasteiger charge is -2.12. The maximum atomic E-state index is 12.6. The maximum absolute atomic E-state index is 12.6. The van der Waals surface area contributed by atoms with Crippen molar-refractivity contribution in [1.29, 1.82) is 0 Å². The van der Waals surface area contributed by atoms with Gasteiger partial charge in [-0.25, -0.2) is 4.98 Å². The predicted molar refractivity (Wildman–Crippen MR) is 94.9 cm³/mol. The van der Waals surface area contributed by atoms with E-state index in [0.29, 0.717) is 17.0 Å². The van der Waals surface area contributed by atoms with Crippen LogP contribution in [0.5, 0.6) is 0 Å². The van der Waals surface area contributed by atoms with Crippen LogP contribution in [0, 0.1) is 20.8 Å². The molecule has 9 nitrogen and oxygen atoms in total. The van der Waals surface area contributed by atoms with Crippen molar-refractivity contribution in [2.24, 2.45) is 0 Å². The molecule has 1 aromatic carbocycles. The van der Waals surface area contributed by atoms with Crippen LogP contribution in [0.1, 0.15) is 37.7 Å². The standard InChI is InChI=1S/C18H17N5O4/c1-9-8-14(20-16(25)12-6-4-5-7-13(12)17(26)27)23(22-9)18-19-11(3)10(2)15(24)21-18/h4-8H,1-3H3,(H,20,25)(H,26,27)(H,19,21,24)/p-1. The fourth-order valence-electron chi connectivity index (χ4n) is 2.52. The van der Waals surface area contributed by atoms with Crippen molar-refractivity contribution in [3.63, 3.8) is 0 Å². The molecule has 0 aliphatic heterocycles. The highest BCUT2D eigenvalue weighted by molar-refractivity contribution is 6.10. The van der Waals surface area contributed by atoms with Crippen LogP contribution in [-0.4, -0.2) is 31.6 Å². The average molecular weight is 366 g/mol. The molecule has 0 unspecified atom stereocenters. The summed E-state index contributed by atoms with van der Waals surface area (Å²) in [5.74, 6) is -1.73. The lowest BCUT2D eigenvalue weighted by atomic mass is 10.1. The van der Waals surface area contributed by atoms with Gasteiger partial charge in [0.05, 0.1) is 11.7 Å². The zero-order chi connectivity index (χ0) is 19.7. The molecule has 0 spiro atoms. The molecule has 0 radical (unpaired) electrons. The molecule has 2 heterocycles. The Morgan fingerprint density at radius 2 is 1.81 bits per heavy atom. The molecule has 0 bridgehead atoms. The second-order valence-electron chi connectivity index (χ2n) is 5.97. The van der Waals surface area contributed by atoms with Gasteiger partial charge < -0.3 is 15.2 Å². The summed E-state index contributed by atoms with van der Waals surface area (Å²) < 4.78 is 1.28. The van der Waals surface area contributed by atoms with Gasteiger partial charge in [-0.1, -0.05) is 18.2 Å². The number of aromatic carboxylic acids is 1. The Labute approximate surface area is 153 Å². The van der Waals surface area contributed by atoms with E-state index in [4.69, 9.17) is 0 Å². The number of carboxylic acid groups (broad SMARTS) is 1. The average Bonchev–Trinajstić information content (AvgIpc) is 2.99. The van der Waals surface area contributed by atoms with E-state index >= 15 is 0 Å². The number of aromatic nitrogens is 4. The van der Waals surface area contributed by atoms with E-state index in [1.54, 1.807) is 32.9 Å². The number of carboxylic acids is 1. The summed E-state index contributed by atoms with van der Waals surface area (Å²) >= 11 is 0. The summed E-state index contributed by atoms with van der Waals surface area (Å²) in [6, 6.07) is 7.29. The van der Waals surface area contributed by atoms with Crippen molar-refractivity contribution in [3.05, 3.63) is 68.8 Å². The van der Waals surface area contributed by atoms with Crippen molar-refractivity contribution in [3.8, 4) is 5.95 Å². The number of nitrogens with zero attached hydrogens (tertiary/aromatic N) is 3. The van der Waals surface area contributed by atoms with Crippen molar-refractivity contribution in [2.45, 2.75) is 20.8 Å². The Balaban J connectivity index is 2.02. The number of carbonyl (C=O) groups excluding carboxylic acids is 2. The molecule has 0 saturated carbocycles. The normalized spacial score (nSPS) is 10.6. The third kappa shape index (κ3) is 3.47. The first-order valence-electron chi connectivity index (χ1n) is 8.04. The lowest BCUT2D eigenvalue weighted by Crippen LogP contribution is -2.27. The van der Waals surface area contributed by atoms with Gasteiger partial charge in [0.1, 0.15) is 5.82 Å². The van der Waals surface area contributed by atoms with Crippen LogP contribution in [0.15, 0.2) is 35.1 Å². The van der Waals surface area contributed by atoms with E-state index in [2.05, 4.69) is 20.4 Å². The Morgan fingerprint density at radius 3 is 2.44 bits per heavy atom. The van der Waals surface area contributed by atoms with Crippen LogP contribution < -0.4 is 16.0 Å². The zero-order valence-electron chi connectivity index (χ0n) is 14.9. The number of H-pyrrole nitrogens is 1. The van der Waals surface area contributed by atoms with E-state index in [0.717, 1.165) is 0 Å². The summed E-state index contributed by atoms with van der Waals surface area (Å²) in [7, 11) is 0.